The van der Waals surface area contributed by atoms with Gasteiger partial charge in [-0.25, -0.2) is 9.97 Å². The molecule has 194 valence electrons. The number of likely N-dealkylation sites (N-methyl/N-ethyl adjacent to an activating group) is 1. The van der Waals surface area contributed by atoms with E-state index in [4.69, 9.17) is 21.3 Å². The van der Waals surface area contributed by atoms with Crippen molar-refractivity contribution < 1.29 is 9.53 Å². The first-order valence-corrected chi connectivity index (χ1v) is 12.9. The van der Waals surface area contributed by atoms with Crippen LogP contribution in [0.3, 0.4) is 0 Å². The van der Waals surface area contributed by atoms with Crippen molar-refractivity contribution in [3.05, 3.63) is 59.8 Å². The van der Waals surface area contributed by atoms with E-state index in [0.29, 0.717) is 39.8 Å². The summed E-state index contributed by atoms with van der Waals surface area (Å²) in [6.07, 6.45) is 7.41. The number of aromatic nitrogens is 6. The Bertz CT molecular complexity index is 1640. The Morgan fingerprint density at radius 3 is 2.79 bits per heavy atom. The maximum Gasteiger partial charge on any atom is 0.233 e. The minimum atomic E-state index is 0.0425. The molecule has 0 unspecified atom stereocenters. The third-order valence-electron chi connectivity index (χ3n) is 6.89. The molecule has 1 aliphatic heterocycles. The van der Waals surface area contributed by atoms with Gasteiger partial charge < -0.3 is 15.0 Å². The van der Waals surface area contributed by atoms with Gasteiger partial charge in [-0.15, -0.1) is 0 Å². The summed E-state index contributed by atoms with van der Waals surface area (Å²) in [4.78, 5) is 30.9. The van der Waals surface area contributed by atoms with Gasteiger partial charge in [-0.05, 0) is 44.0 Å². The highest BCUT2D eigenvalue weighted by molar-refractivity contribution is 6.36. The first kappa shape index (κ1) is 24.3. The van der Waals surface area contributed by atoms with Crippen LogP contribution in [0.4, 0.5) is 0 Å². The number of aryl methyl sites for hydroxylation is 1. The molecular weight excluding hydrogens is 504 g/mol. The summed E-state index contributed by atoms with van der Waals surface area (Å²) in [6.45, 7) is 4.06. The summed E-state index contributed by atoms with van der Waals surface area (Å²) >= 11 is 6.76. The highest BCUT2D eigenvalue weighted by Gasteiger charge is 2.23. The molecule has 1 amide bonds. The van der Waals surface area contributed by atoms with E-state index in [-0.39, 0.29) is 11.9 Å². The van der Waals surface area contributed by atoms with E-state index in [0.717, 1.165) is 48.4 Å². The predicted molar refractivity (Wildman–Crippen MR) is 145 cm³/mol. The van der Waals surface area contributed by atoms with E-state index in [1.807, 2.05) is 48.3 Å². The van der Waals surface area contributed by atoms with Crippen molar-refractivity contribution in [2.24, 2.45) is 0 Å². The number of aromatic amines is 1. The fourth-order valence-electron chi connectivity index (χ4n) is 4.85. The zero-order valence-electron chi connectivity index (χ0n) is 21.1. The molecule has 4 heterocycles. The third-order valence-corrected chi connectivity index (χ3v) is 7.26. The first-order chi connectivity index (χ1) is 18.5. The standard InChI is InChI=1S/C27H27ClN8O2/c1-16-32-20-4-3-19(11-22(20)33-16)38-24-6-5-21-27(26(24)28)34-23(13-30-21)17-12-31-36(14-17)18-7-9-35(10-8-18)15-25(37)29-2/h3-6,11-14,18H,7-10,15H2,1-2H3,(H,29,37)(H,32,33). The predicted octanol–water partition coefficient (Wildman–Crippen LogP) is 4.51. The molecule has 1 saturated heterocycles. The van der Waals surface area contributed by atoms with Gasteiger partial charge in [0.25, 0.3) is 0 Å². The molecule has 0 bridgehead atoms. The molecule has 0 spiro atoms. The number of rotatable bonds is 6. The normalized spacial score (nSPS) is 14.8. The van der Waals surface area contributed by atoms with E-state index in [1.54, 1.807) is 19.3 Å². The molecule has 6 rings (SSSR count). The van der Waals surface area contributed by atoms with Crippen molar-refractivity contribution in [2.45, 2.75) is 25.8 Å². The number of carbonyl (C=O) groups excluding carboxylic acids is 1. The van der Waals surface area contributed by atoms with Crippen LogP contribution in [0.1, 0.15) is 24.7 Å². The number of fused-ring (bicyclic) bond motifs is 2. The maximum atomic E-state index is 11.7. The van der Waals surface area contributed by atoms with E-state index in [2.05, 4.69) is 30.3 Å². The maximum absolute atomic E-state index is 11.7. The molecule has 10 nitrogen and oxygen atoms in total. The molecule has 1 fully saturated rings. The molecule has 2 aromatic carbocycles. The summed E-state index contributed by atoms with van der Waals surface area (Å²) in [6, 6.07) is 9.60. The zero-order chi connectivity index (χ0) is 26.2. The van der Waals surface area contributed by atoms with Gasteiger partial charge in [0.05, 0.1) is 47.2 Å². The van der Waals surface area contributed by atoms with Crippen LogP contribution in [0, 0.1) is 6.92 Å². The Morgan fingerprint density at radius 1 is 1.16 bits per heavy atom. The monoisotopic (exact) mass is 530 g/mol. The van der Waals surface area contributed by atoms with E-state index >= 15 is 0 Å². The Balaban J connectivity index is 1.21. The lowest BCUT2D eigenvalue weighted by Crippen LogP contribution is -2.41. The molecule has 1 aliphatic rings. The number of nitrogens with zero attached hydrogens (tertiary/aromatic N) is 6. The van der Waals surface area contributed by atoms with Gasteiger partial charge in [-0.2, -0.15) is 5.10 Å². The number of halogens is 1. The van der Waals surface area contributed by atoms with Crippen LogP contribution in [0.2, 0.25) is 5.02 Å². The second-order valence-corrected chi connectivity index (χ2v) is 9.87. The quantitative estimate of drug-likeness (QED) is 0.332. The van der Waals surface area contributed by atoms with Crippen molar-refractivity contribution in [3.63, 3.8) is 0 Å². The van der Waals surface area contributed by atoms with Gasteiger partial charge in [0.1, 0.15) is 27.9 Å². The molecule has 2 N–H and O–H groups in total. The number of H-pyrrole nitrogens is 1. The van der Waals surface area contributed by atoms with Crippen LogP contribution in [-0.4, -0.2) is 67.2 Å². The number of ether oxygens (including phenoxy) is 1. The smallest absolute Gasteiger partial charge is 0.233 e. The van der Waals surface area contributed by atoms with E-state index < -0.39 is 0 Å². The highest BCUT2D eigenvalue weighted by atomic mass is 35.5. The highest BCUT2D eigenvalue weighted by Crippen LogP contribution is 2.36. The summed E-state index contributed by atoms with van der Waals surface area (Å²) in [7, 11) is 1.67. The number of likely N-dealkylation sites (tertiary alicyclic amines) is 1. The molecule has 0 atom stereocenters. The molecule has 0 radical (unpaired) electrons. The Labute approximate surface area is 224 Å². The Morgan fingerprint density at radius 2 is 1.97 bits per heavy atom. The van der Waals surface area contributed by atoms with Crippen LogP contribution in [0.25, 0.3) is 33.3 Å². The number of benzene rings is 2. The van der Waals surface area contributed by atoms with Crippen LogP contribution >= 0.6 is 11.6 Å². The number of amides is 1. The van der Waals surface area contributed by atoms with Crippen molar-refractivity contribution in [1.29, 1.82) is 0 Å². The summed E-state index contributed by atoms with van der Waals surface area (Å²) in [5.41, 5.74) is 4.58. The summed E-state index contributed by atoms with van der Waals surface area (Å²) in [5, 5.41) is 7.69. The average molecular weight is 531 g/mol. The molecular formula is C27H27ClN8O2. The molecule has 38 heavy (non-hydrogen) atoms. The van der Waals surface area contributed by atoms with Crippen molar-refractivity contribution in [3.8, 4) is 22.8 Å². The lowest BCUT2D eigenvalue weighted by molar-refractivity contribution is -0.122. The van der Waals surface area contributed by atoms with Crippen LogP contribution in [0.15, 0.2) is 48.9 Å². The fraction of sp³-hybridized carbons (Fsp3) is 0.296. The number of hydrogen-bond acceptors (Lipinski definition) is 7. The number of nitrogens with one attached hydrogen (secondary N) is 2. The van der Waals surface area contributed by atoms with E-state index in [1.165, 1.54) is 0 Å². The second kappa shape index (κ2) is 10.0. The summed E-state index contributed by atoms with van der Waals surface area (Å²) < 4.78 is 8.10. The van der Waals surface area contributed by atoms with Crippen molar-refractivity contribution >= 4 is 39.6 Å². The topological polar surface area (TPSA) is 114 Å². The lowest BCUT2D eigenvalue weighted by Gasteiger charge is -2.31. The van der Waals surface area contributed by atoms with Crippen LogP contribution < -0.4 is 10.1 Å². The van der Waals surface area contributed by atoms with Crippen molar-refractivity contribution in [1.82, 2.24) is 39.9 Å². The molecule has 0 saturated carbocycles. The minimum Gasteiger partial charge on any atom is -0.456 e. The van der Waals surface area contributed by atoms with Gasteiger partial charge >= 0.3 is 0 Å². The molecule has 5 aromatic rings. The minimum absolute atomic E-state index is 0.0425. The number of carbonyl (C=O) groups is 1. The summed E-state index contributed by atoms with van der Waals surface area (Å²) in [5.74, 6) is 2.04. The molecule has 0 aliphatic carbocycles. The van der Waals surface area contributed by atoms with Gasteiger partial charge in [-0.3, -0.25) is 19.4 Å². The van der Waals surface area contributed by atoms with Gasteiger partial charge in [-0.1, -0.05) is 11.6 Å². The van der Waals surface area contributed by atoms with E-state index in [9.17, 15) is 4.79 Å². The SMILES string of the molecule is CNC(=O)CN1CCC(n2cc(-c3cnc4ccc(Oc5ccc6nc(C)[nH]c6c5)c(Cl)c4n3)cn2)CC1. The number of imidazole rings is 1. The molecule has 11 heteroatoms. The Hall–Kier alpha value is -4.02. The third kappa shape index (κ3) is 4.80. The van der Waals surface area contributed by atoms with Crippen molar-refractivity contribution in [2.75, 3.05) is 26.7 Å². The van der Waals surface area contributed by atoms with Crippen LogP contribution in [0.5, 0.6) is 11.5 Å². The number of hydrogen-bond donors (Lipinski definition) is 2. The van der Waals surface area contributed by atoms with Gasteiger partial charge in [0.15, 0.2) is 0 Å². The fourth-order valence-corrected chi connectivity index (χ4v) is 5.09. The average Bonchev–Trinajstić information content (AvgIpc) is 3.57. The zero-order valence-corrected chi connectivity index (χ0v) is 21.9. The van der Waals surface area contributed by atoms with Crippen LogP contribution in [-0.2, 0) is 4.79 Å². The second-order valence-electron chi connectivity index (χ2n) is 9.49. The van der Waals surface area contributed by atoms with Gasteiger partial charge in [0.2, 0.25) is 5.91 Å². The lowest BCUT2D eigenvalue weighted by atomic mass is 10.1. The largest absolute Gasteiger partial charge is 0.456 e. The number of piperidine rings is 1. The molecule has 3 aromatic heterocycles. The van der Waals surface area contributed by atoms with Gasteiger partial charge in [0, 0.05) is 38.0 Å². The first-order valence-electron chi connectivity index (χ1n) is 12.5. The Kier molecular flexibility index (Phi) is 6.42.